The first kappa shape index (κ1) is 13.6. The molecule has 1 heterocycles. The summed E-state index contributed by atoms with van der Waals surface area (Å²) in [6, 6.07) is 5.76. The molecule has 0 aromatic heterocycles. The molecule has 5 nitrogen and oxygen atoms in total. The number of carbonyl (C=O) groups excluding carboxylic acids is 1. The molecule has 1 unspecified atom stereocenters. The fourth-order valence-corrected chi connectivity index (χ4v) is 2.64. The van der Waals surface area contributed by atoms with Crippen molar-refractivity contribution in [3.05, 3.63) is 29.3 Å². The van der Waals surface area contributed by atoms with Gasteiger partial charge < -0.3 is 10.4 Å². The van der Waals surface area contributed by atoms with Crippen molar-refractivity contribution < 1.29 is 14.7 Å². The zero-order valence-corrected chi connectivity index (χ0v) is 11.5. The van der Waals surface area contributed by atoms with Crippen molar-refractivity contribution in [2.75, 3.05) is 0 Å². The average molecular weight is 278 g/mol. The quantitative estimate of drug-likeness (QED) is 0.886. The number of hydrogen-bond acceptors (Lipinski definition) is 4. The second-order valence-corrected chi connectivity index (χ2v) is 5.57. The van der Waals surface area contributed by atoms with Crippen LogP contribution in [0.2, 0.25) is 0 Å². The minimum absolute atomic E-state index is 0.192. The van der Waals surface area contributed by atoms with Crippen molar-refractivity contribution in [1.82, 2.24) is 5.32 Å². The summed E-state index contributed by atoms with van der Waals surface area (Å²) in [5.41, 5.74) is 3.05. The molecule has 0 spiro atoms. The molecule has 1 atom stereocenters. The summed E-state index contributed by atoms with van der Waals surface area (Å²) in [5.74, 6) is -1.28. The second-order valence-electron chi connectivity index (χ2n) is 4.38. The molecule has 1 aromatic carbocycles. The Morgan fingerprint density at radius 1 is 1.42 bits per heavy atom. The highest BCUT2D eigenvalue weighted by atomic mass is 32.2. The summed E-state index contributed by atoms with van der Waals surface area (Å²) >= 11 is 1.16. The lowest BCUT2D eigenvalue weighted by molar-refractivity contribution is -0.138. The molecule has 6 heteroatoms. The topological polar surface area (TPSA) is 78.8 Å². The van der Waals surface area contributed by atoms with Crippen molar-refractivity contribution in [2.45, 2.75) is 25.5 Å². The third-order valence-corrected chi connectivity index (χ3v) is 3.94. The zero-order valence-electron chi connectivity index (χ0n) is 10.6. The Morgan fingerprint density at radius 3 is 2.79 bits per heavy atom. The van der Waals surface area contributed by atoms with E-state index in [1.807, 2.05) is 32.0 Å². The van der Waals surface area contributed by atoms with Crippen LogP contribution in [-0.2, 0) is 9.59 Å². The number of aliphatic carboxylic acids is 1. The Morgan fingerprint density at radius 2 is 2.16 bits per heavy atom. The predicted octanol–water partition coefficient (Wildman–Crippen LogP) is 2.00. The zero-order chi connectivity index (χ0) is 14.0. The first-order valence-electron chi connectivity index (χ1n) is 5.81. The molecular formula is C13H14N2O3S. The predicted molar refractivity (Wildman–Crippen MR) is 74.8 cm³/mol. The van der Waals surface area contributed by atoms with Gasteiger partial charge in [0, 0.05) is 0 Å². The molecule has 2 rings (SSSR count). The van der Waals surface area contributed by atoms with Crippen LogP contribution in [0.1, 0.15) is 17.5 Å². The van der Waals surface area contributed by atoms with E-state index in [4.69, 9.17) is 5.11 Å². The van der Waals surface area contributed by atoms with Gasteiger partial charge >= 0.3 is 5.97 Å². The number of nitrogens with zero attached hydrogens (tertiary/aromatic N) is 1. The molecule has 1 amide bonds. The Bertz CT molecular complexity index is 569. The van der Waals surface area contributed by atoms with Crippen LogP contribution in [0, 0.1) is 13.8 Å². The summed E-state index contributed by atoms with van der Waals surface area (Å²) < 4.78 is 0. The number of thioether (sulfide) groups is 1. The first-order valence-corrected chi connectivity index (χ1v) is 6.69. The molecule has 0 aliphatic carbocycles. The third kappa shape index (κ3) is 3.35. The fourth-order valence-electron chi connectivity index (χ4n) is 1.66. The lowest BCUT2D eigenvalue weighted by Gasteiger charge is -2.01. The largest absolute Gasteiger partial charge is 0.481 e. The second kappa shape index (κ2) is 5.44. The van der Waals surface area contributed by atoms with E-state index < -0.39 is 11.2 Å². The van der Waals surface area contributed by atoms with E-state index in [1.165, 1.54) is 5.56 Å². The summed E-state index contributed by atoms with van der Waals surface area (Å²) in [5, 5.41) is 11.2. The summed E-state index contributed by atoms with van der Waals surface area (Å²) in [6.45, 7) is 4.01. The number of aliphatic imine (C=N–C) groups is 1. The Kier molecular flexibility index (Phi) is 3.90. The standard InChI is InChI=1S/C13H14N2O3S/c1-7-3-4-9(5-8(7)2)14-13-15-12(18)10(19-13)6-11(16)17/h3-5,10H,6H2,1-2H3,(H,16,17)(H,14,15,18). The molecule has 0 bridgehead atoms. The summed E-state index contributed by atoms with van der Waals surface area (Å²) in [6.07, 6.45) is -0.192. The number of hydrogen-bond donors (Lipinski definition) is 2. The molecule has 1 aliphatic rings. The van der Waals surface area contributed by atoms with Gasteiger partial charge in [-0.15, -0.1) is 0 Å². The Balaban J connectivity index is 2.14. The maximum Gasteiger partial charge on any atom is 0.305 e. The van der Waals surface area contributed by atoms with E-state index in [-0.39, 0.29) is 12.3 Å². The molecule has 0 radical (unpaired) electrons. The van der Waals surface area contributed by atoms with Crippen molar-refractivity contribution >= 4 is 34.5 Å². The van der Waals surface area contributed by atoms with Crippen molar-refractivity contribution in [3.63, 3.8) is 0 Å². The minimum atomic E-state index is -0.986. The van der Waals surface area contributed by atoms with E-state index in [0.717, 1.165) is 23.0 Å². The van der Waals surface area contributed by atoms with Gasteiger partial charge in [-0.2, -0.15) is 0 Å². The van der Waals surface area contributed by atoms with Gasteiger partial charge in [0.15, 0.2) is 5.17 Å². The average Bonchev–Trinajstić information content (AvgIpc) is 2.64. The van der Waals surface area contributed by atoms with Gasteiger partial charge in [0.1, 0.15) is 5.25 Å². The van der Waals surface area contributed by atoms with Crippen molar-refractivity contribution in [1.29, 1.82) is 0 Å². The highest BCUT2D eigenvalue weighted by Gasteiger charge is 2.31. The lowest BCUT2D eigenvalue weighted by Crippen LogP contribution is -2.26. The van der Waals surface area contributed by atoms with Crippen LogP contribution in [0.5, 0.6) is 0 Å². The number of rotatable bonds is 3. The third-order valence-electron chi connectivity index (χ3n) is 2.86. The number of amides is 1. The number of nitrogens with one attached hydrogen (secondary N) is 1. The highest BCUT2D eigenvalue weighted by molar-refractivity contribution is 8.15. The van der Waals surface area contributed by atoms with E-state index >= 15 is 0 Å². The van der Waals surface area contributed by atoms with Crippen LogP contribution in [0.25, 0.3) is 0 Å². The smallest absolute Gasteiger partial charge is 0.305 e. The first-order chi connectivity index (χ1) is 8.95. The van der Waals surface area contributed by atoms with E-state index in [0.29, 0.717) is 5.17 Å². The van der Waals surface area contributed by atoms with Crippen LogP contribution < -0.4 is 5.32 Å². The molecule has 1 fully saturated rings. The number of carboxylic acids is 1. The molecule has 2 N–H and O–H groups in total. The number of carboxylic acid groups (broad SMARTS) is 1. The van der Waals surface area contributed by atoms with Gasteiger partial charge in [-0.25, -0.2) is 4.99 Å². The molecule has 1 aliphatic heterocycles. The van der Waals surface area contributed by atoms with Crippen molar-refractivity contribution in [3.8, 4) is 0 Å². The van der Waals surface area contributed by atoms with Crippen molar-refractivity contribution in [2.24, 2.45) is 4.99 Å². The SMILES string of the molecule is Cc1ccc(N=C2NC(=O)C(CC(=O)O)S2)cc1C. The molecule has 1 aromatic rings. The number of amidine groups is 1. The van der Waals surface area contributed by atoms with E-state index in [2.05, 4.69) is 10.3 Å². The molecule has 0 saturated carbocycles. The number of aryl methyl sites for hydroxylation is 2. The van der Waals surface area contributed by atoms with Crippen LogP contribution in [0.15, 0.2) is 23.2 Å². The molecule has 19 heavy (non-hydrogen) atoms. The van der Waals surface area contributed by atoms with Gasteiger partial charge in [-0.05, 0) is 37.1 Å². The van der Waals surface area contributed by atoms with Crippen LogP contribution in [0.3, 0.4) is 0 Å². The van der Waals surface area contributed by atoms with Gasteiger partial charge in [0.25, 0.3) is 0 Å². The lowest BCUT2D eigenvalue weighted by atomic mass is 10.1. The van der Waals surface area contributed by atoms with Gasteiger partial charge in [-0.1, -0.05) is 17.8 Å². The van der Waals surface area contributed by atoms with Crippen LogP contribution in [0.4, 0.5) is 5.69 Å². The van der Waals surface area contributed by atoms with E-state index in [9.17, 15) is 9.59 Å². The highest BCUT2D eigenvalue weighted by Crippen LogP contribution is 2.25. The molecule has 1 saturated heterocycles. The van der Waals surface area contributed by atoms with Crippen LogP contribution >= 0.6 is 11.8 Å². The van der Waals surface area contributed by atoms with Crippen LogP contribution in [-0.4, -0.2) is 27.4 Å². The summed E-state index contributed by atoms with van der Waals surface area (Å²) in [4.78, 5) is 26.5. The molecular weight excluding hydrogens is 264 g/mol. The Labute approximate surface area is 115 Å². The van der Waals surface area contributed by atoms with Gasteiger partial charge in [0.05, 0.1) is 12.1 Å². The maximum atomic E-state index is 11.6. The normalized spacial score (nSPS) is 20.6. The monoisotopic (exact) mass is 278 g/mol. The number of carbonyl (C=O) groups is 2. The fraction of sp³-hybridized carbons (Fsp3) is 0.308. The van der Waals surface area contributed by atoms with Gasteiger partial charge in [0.2, 0.25) is 5.91 Å². The number of benzene rings is 1. The Hall–Kier alpha value is -1.82. The van der Waals surface area contributed by atoms with E-state index in [1.54, 1.807) is 0 Å². The summed E-state index contributed by atoms with van der Waals surface area (Å²) in [7, 11) is 0. The maximum absolute atomic E-state index is 11.6. The minimum Gasteiger partial charge on any atom is -0.481 e. The molecule has 100 valence electrons. The van der Waals surface area contributed by atoms with Gasteiger partial charge in [-0.3, -0.25) is 9.59 Å².